The third-order valence-electron chi connectivity index (χ3n) is 7.41. The number of carboxylic acid groups (broad SMARTS) is 1. The summed E-state index contributed by atoms with van der Waals surface area (Å²) >= 11 is 0. The second kappa shape index (κ2) is 9.24. The number of pyridine rings is 2. The first-order chi connectivity index (χ1) is 18.7. The Morgan fingerprint density at radius 3 is 2.44 bits per heavy atom. The van der Waals surface area contributed by atoms with Gasteiger partial charge in [0.2, 0.25) is 0 Å². The molecule has 0 amide bonds. The van der Waals surface area contributed by atoms with Gasteiger partial charge in [0.15, 0.2) is 11.6 Å². The highest BCUT2D eigenvalue weighted by Crippen LogP contribution is 2.47. The van der Waals surface area contributed by atoms with Crippen LogP contribution in [0.15, 0.2) is 55.0 Å². The van der Waals surface area contributed by atoms with E-state index in [0.717, 1.165) is 12.8 Å². The van der Waals surface area contributed by atoms with Gasteiger partial charge in [0, 0.05) is 53.8 Å². The summed E-state index contributed by atoms with van der Waals surface area (Å²) < 4.78 is 44.2. The van der Waals surface area contributed by atoms with Crippen LogP contribution in [0, 0.1) is 5.82 Å². The van der Waals surface area contributed by atoms with E-state index >= 15 is 4.39 Å². The summed E-state index contributed by atoms with van der Waals surface area (Å²) in [7, 11) is -3.94. The molecule has 1 saturated carbocycles. The molecule has 3 aromatic heterocycles. The highest BCUT2D eigenvalue weighted by molar-refractivity contribution is 7.90. The number of halogens is 1. The van der Waals surface area contributed by atoms with Crippen molar-refractivity contribution in [1.29, 1.82) is 0 Å². The van der Waals surface area contributed by atoms with Crippen molar-refractivity contribution in [2.24, 2.45) is 0 Å². The Hall–Kier alpha value is -4.16. The van der Waals surface area contributed by atoms with E-state index in [9.17, 15) is 23.1 Å². The molecule has 1 aromatic carbocycles. The lowest BCUT2D eigenvalue weighted by atomic mass is 9.99. The van der Waals surface area contributed by atoms with Gasteiger partial charge in [-0.05, 0) is 49.9 Å². The molecule has 200 valence electrons. The smallest absolute Gasteiger partial charge is 0.315 e. The standard InChI is InChI=1S/C27H24FN5O5S/c28-23-18(4-3-5-21(23)32-39(37,38)33-10-1-2-11-33)24(34)20-15-31-25-19(20)12-17(14-30-25)16-6-7-22(29-13-16)27(8-9-27)26(35)36/h3-7,12-15,32H,1-2,8-11H2,(H,30,31)(H,35,36). The lowest BCUT2D eigenvalue weighted by Gasteiger charge is -2.17. The number of anilines is 1. The number of benzene rings is 1. The Morgan fingerprint density at radius 2 is 1.77 bits per heavy atom. The molecule has 1 aliphatic heterocycles. The fraction of sp³-hybridized carbons (Fsp3) is 0.259. The fourth-order valence-electron chi connectivity index (χ4n) is 4.96. The van der Waals surface area contributed by atoms with Crippen molar-refractivity contribution >= 4 is 38.7 Å². The lowest BCUT2D eigenvalue weighted by molar-refractivity contribution is -0.140. The van der Waals surface area contributed by atoms with E-state index in [4.69, 9.17) is 0 Å². The number of H-pyrrole nitrogens is 1. The molecule has 2 aliphatic rings. The Labute approximate surface area is 223 Å². The molecule has 12 heteroatoms. The molecule has 0 atom stereocenters. The first kappa shape index (κ1) is 25.1. The van der Waals surface area contributed by atoms with Crippen molar-refractivity contribution in [3.63, 3.8) is 0 Å². The number of rotatable bonds is 8. The quantitative estimate of drug-likeness (QED) is 0.283. The predicted octanol–water partition coefficient (Wildman–Crippen LogP) is 3.86. The summed E-state index contributed by atoms with van der Waals surface area (Å²) in [5.74, 6) is -2.48. The second-order valence-corrected chi connectivity index (χ2v) is 11.5. The number of carbonyl (C=O) groups is 2. The van der Waals surface area contributed by atoms with E-state index in [0.29, 0.717) is 53.8 Å². The van der Waals surface area contributed by atoms with E-state index < -0.39 is 33.2 Å². The molecular formula is C27H24FN5O5S. The summed E-state index contributed by atoms with van der Waals surface area (Å²) in [6, 6.07) is 9.19. The normalized spacial score (nSPS) is 16.8. The molecule has 2 fully saturated rings. The third kappa shape index (κ3) is 4.35. The second-order valence-electron chi connectivity index (χ2n) is 9.85. The van der Waals surface area contributed by atoms with E-state index in [1.165, 1.54) is 28.7 Å². The van der Waals surface area contributed by atoms with E-state index in [1.807, 2.05) is 0 Å². The van der Waals surface area contributed by atoms with Gasteiger partial charge in [0.05, 0.1) is 16.9 Å². The number of aromatic amines is 1. The molecule has 6 rings (SSSR count). The number of ketones is 1. The molecule has 4 aromatic rings. The SMILES string of the molecule is O=C(c1cccc(NS(=O)(=O)N2CCCC2)c1F)c1c[nH]c2ncc(-c3ccc(C4(C(=O)O)CC4)nc3)cc12. The molecule has 4 heterocycles. The number of fused-ring (bicyclic) bond motifs is 1. The largest absolute Gasteiger partial charge is 0.481 e. The number of carbonyl (C=O) groups excluding carboxylic acids is 1. The minimum atomic E-state index is -3.94. The zero-order chi connectivity index (χ0) is 27.4. The van der Waals surface area contributed by atoms with Crippen molar-refractivity contribution in [3.8, 4) is 11.1 Å². The Bertz CT molecular complexity index is 1730. The molecule has 1 aliphatic carbocycles. The van der Waals surface area contributed by atoms with Crippen LogP contribution in [0.1, 0.15) is 47.3 Å². The number of aliphatic carboxylic acids is 1. The zero-order valence-corrected chi connectivity index (χ0v) is 21.5. The van der Waals surface area contributed by atoms with Crippen LogP contribution in [0.3, 0.4) is 0 Å². The molecule has 0 bridgehead atoms. The molecule has 0 unspecified atom stereocenters. The number of nitrogens with one attached hydrogen (secondary N) is 2. The van der Waals surface area contributed by atoms with Crippen molar-refractivity contribution < 1.29 is 27.5 Å². The van der Waals surface area contributed by atoms with Gasteiger partial charge in [-0.25, -0.2) is 9.37 Å². The van der Waals surface area contributed by atoms with Crippen LogP contribution in [0.5, 0.6) is 0 Å². The number of aromatic nitrogens is 3. The molecule has 0 radical (unpaired) electrons. The predicted molar refractivity (Wildman–Crippen MR) is 141 cm³/mol. The van der Waals surface area contributed by atoms with E-state index in [-0.39, 0.29) is 16.8 Å². The summed E-state index contributed by atoms with van der Waals surface area (Å²) in [4.78, 5) is 36.7. The first-order valence-electron chi connectivity index (χ1n) is 12.5. The Balaban J connectivity index is 1.31. The van der Waals surface area contributed by atoms with Crippen LogP contribution in [0.2, 0.25) is 0 Å². The van der Waals surface area contributed by atoms with Crippen molar-refractivity contribution in [2.45, 2.75) is 31.1 Å². The van der Waals surface area contributed by atoms with Crippen LogP contribution in [0.4, 0.5) is 10.1 Å². The summed E-state index contributed by atoms with van der Waals surface area (Å²) in [6.07, 6.45) is 7.19. The van der Waals surface area contributed by atoms with Crippen molar-refractivity contribution in [2.75, 3.05) is 17.8 Å². The van der Waals surface area contributed by atoms with Gasteiger partial charge in [0.25, 0.3) is 0 Å². The Kier molecular flexibility index (Phi) is 5.96. The van der Waals surface area contributed by atoms with Gasteiger partial charge in [-0.1, -0.05) is 12.1 Å². The number of carboxylic acids is 1. The number of hydrogen-bond donors (Lipinski definition) is 3. The third-order valence-corrected chi connectivity index (χ3v) is 8.93. The maximum absolute atomic E-state index is 15.4. The summed E-state index contributed by atoms with van der Waals surface area (Å²) in [5, 5.41) is 9.96. The number of hydrogen-bond acceptors (Lipinski definition) is 6. The van der Waals surface area contributed by atoms with Gasteiger partial charge in [-0.15, -0.1) is 0 Å². The summed E-state index contributed by atoms with van der Waals surface area (Å²) in [6.45, 7) is 0.720. The van der Waals surface area contributed by atoms with Crippen molar-refractivity contribution in [3.05, 3.63) is 77.6 Å². The van der Waals surface area contributed by atoms with Crippen LogP contribution in [-0.4, -0.2) is 57.6 Å². The lowest BCUT2D eigenvalue weighted by Crippen LogP contribution is -2.33. The minimum Gasteiger partial charge on any atom is -0.481 e. The topological polar surface area (TPSA) is 145 Å². The Morgan fingerprint density at radius 1 is 1.03 bits per heavy atom. The molecule has 39 heavy (non-hydrogen) atoms. The van der Waals surface area contributed by atoms with Gasteiger partial charge < -0.3 is 10.1 Å². The maximum atomic E-state index is 15.4. The molecule has 3 N–H and O–H groups in total. The highest BCUT2D eigenvalue weighted by Gasteiger charge is 2.53. The van der Waals surface area contributed by atoms with Gasteiger partial charge >= 0.3 is 16.2 Å². The minimum absolute atomic E-state index is 0.171. The van der Waals surface area contributed by atoms with Gasteiger partial charge in [-0.3, -0.25) is 19.3 Å². The average Bonchev–Trinajstić information content (AvgIpc) is 3.34. The van der Waals surface area contributed by atoms with Crippen molar-refractivity contribution in [1.82, 2.24) is 19.3 Å². The molecule has 1 saturated heterocycles. The van der Waals surface area contributed by atoms with Crippen LogP contribution < -0.4 is 4.72 Å². The van der Waals surface area contributed by atoms with Gasteiger partial charge in [0.1, 0.15) is 11.1 Å². The maximum Gasteiger partial charge on any atom is 0.315 e. The summed E-state index contributed by atoms with van der Waals surface area (Å²) in [5.41, 5.74) is 0.917. The fourth-order valence-corrected chi connectivity index (χ4v) is 6.27. The van der Waals surface area contributed by atoms with Gasteiger partial charge in [-0.2, -0.15) is 12.7 Å². The van der Waals surface area contributed by atoms with E-state index in [1.54, 1.807) is 30.6 Å². The average molecular weight is 550 g/mol. The zero-order valence-electron chi connectivity index (χ0n) is 20.6. The first-order valence-corrected chi connectivity index (χ1v) is 13.9. The molecule has 0 spiro atoms. The molecule has 10 nitrogen and oxygen atoms in total. The van der Waals surface area contributed by atoms with Crippen LogP contribution in [0.25, 0.3) is 22.2 Å². The highest BCUT2D eigenvalue weighted by atomic mass is 32.2. The number of nitrogens with zero attached hydrogens (tertiary/aromatic N) is 3. The monoisotopic (exact) mass is 549 g/mol. The molecular weight excluding hydrogens is 525 g/mol. The van der Waals surface area contributed by atoms with Crippen LogP contribution >= 0.6 is 0 Å². The van der Waals surface area contributed by atoms with Crippen LogP contribution in [-0.2, 0) is 20.4 Å². The van der Waals surface area contributed by atoms with E-state index in [2.05, 4.69) is 19.7 Å².